The Kier molecular flexibility index (Phi) is 5.44. The predicted octanol–water partition coefficient (Wildman–Crippen LogP) is 4.86. The van der Waals surface area contributed by atoms with Gasteiger partial charge in [-0.3, -0.25) is 18.9 Å². The molecule has 0 spiro atoms. The molecule has 5 N–H and O–H groups in total. The zero-order valence-electron chi connectivity index (χ0n) is 18.6. The lowest BCUT2D eigenvalue weighted by atomic mass is 9.84. The van der Waals surface area contributed by atoms with Gasteiger partial charge in [-0.2, -0.15) is 0 Å². The number of ether oxygens (including phenoxy) is 1. The maximum Gasteiger partial charge on any atom is 0.274 e. The first-order valence-corrected chi connectivity index (χ1v) is 12.2. The summed E-state index contributed by atoms with van der Waals surface area (Å²) < 4.78 is 43.2. The van der Waals surface area contributed by atoms with Crippen molar-refractivity contribution in [1.29, 1.82) is 0 Å². The van der Waals surface area contributed by atoms with Crippen molar-refractivity contribution in [3.63, 3.8) is 0 Å². The molecule has 8 nitrogen and oxygen atoms in total. The normalized spacial score (nSPS) is 28.3. The number of aliphatic imine (C=N–C) groups is 1. The minimum atomic E-state index is -3.94. The molecule has 0 unspecified atom stereocenters. The fraction of sp³-hybridized carbons (Fsp3) is 0.409. The second-order valence-corrected chi connectivity index (χ2v) is 12.1. The molecule has 4 rings (SSSR count). The molecule has 1 amide bonds. The number of carbonyl (C=O) groups excluding carboxylic acids is 1. The Morgan fingerprint density at radius 2 is 2.00 bits per heavy atom. The Bertz CT molecular complexity index is 1190. The summed E-state index contributed by atoms with van der Waals surface area (Å²) >= 11 is 5.92. The number of benzene rings is 1. The van der Waals surface area contributed by atoms with E-state index in [1.54, 1.807) is 25.1 Å². The molecule has 0 radical (unpaired) electrons. The van der Waals surface area contributed by atoms with E-state index in [0.29, 0.717) is 22.0 Å². The SMILES string of the molecule is Cc1cc(Cl)cnc1C(=O)Nc1ccc2c(c1)[C@@]1(C)N=C(N)C(C)(C)S(O)(O)[C@]1(F)CCO2. The fourth-order valence-electron chi connectivity index (χ4n) is 4.31. The van der Waals surface area contributed by atoms with Gasteiger partial charge in [-0.1, -0.05) is 11.6 Å². The molecule has 2 atom stereocenters. The zero-order valence-corrected chi connectivity index (χ0v) is 20.2. The van der Waals surface area contributed by atoms with Crippen LogP contribution in [0.2, 0.25) is 5.02 Å². The van der Waals surface area contributed by atoms with E-state index < -0.39 is 31.8 Å². The first-order chi connectivity index (χ1) is 15.2. The van der Waals surface area contributed by atoms with E-state index in [1.165, 1.54) is 33.0 Å². The average Bonchev–Trinajstić information content (AvgIpc) is 2.83. The number of nitrogens with two attached hydrogens (primary N) is 1. The molecule has 1 aromatic heterocycles. The molecule has 33 heavy (non-hydrogen) atoms. The number of aromatic nitrogens is 1. The molecule has 11 heteroatoms. The van der Waals surface area contributed by atoms with Crippen molar-refractivity contribution in [1.82, 2.24) is 4.98 Å². The van der Waals surface area contributed by atoms with Crippen LogP contribution in [0.1, 0.15) is 48.8 Å². The van der Waals surface area contributed by atoms with Crippen molar-refractivity contribution in [3.05, 3.63) is 52.3 Å². The van der Waals surface area contributed by atoms with E-state index in [1.807, 2.05) is 0 Å². The molecule has 0 saturated heterocycles. The Balaban J connectivity index is 1.81. The molecule has 178 valence electrons. The van der Waals surface area contributed by atoms with E-state index in [9.17, 15) is 13.9 Å². The summed E-state index contributed by atoms with van der Waals surface area (Å²) in [6.07, 6.45) is 1.08. The monoisotopic (exact) mass is 496 g/mol. The summed E-state index contributed by atoms with van der Waals surface area (Å²) in [7, 11) is -3.94. The number of fused-ring (bicyclic) bond motifs is 3. The van der Waals surface area contributed by atoms with E-state index in [-0.39, 0.29) is 30.1 Å². The lowest BCUT2D eigenvalue weighted by molar-refractivity contribution is 0.102. The zero-order chi connectivity index (χ0) is 24.4. The first kappa shape index (κ1) is 23.7. The number of alkyl halides is 1. The van der Waals surface area contributed by atoms with Crippen molar-refractivity contribution in [2.24, 2.45) is 10.7 Å². The Hall–Kier alpha value is -2.40. The van der Waals surface area contributed by atoms with Crippen LogP contribution < -0.4 is 15.8 Å². The van der Waals surface area contributed by atoms with Crippen LogP contribution in [0.5, 0.6) is 5.75 Å². The number of aryl methyl sites for hydroxylation is 1. The van der Waals surface area contributed by atoms with Gasteiger partial charge < -0.3 is 15.8 Å². The second kappa shape index (κ2) is 7.56. The summed E-state index contributed by atoms with van der Waals surface area (Å²) in [6, 6.07) is 6.33. The van der Waals surface area contributed by atoms with Crippen LogP contribution in [-0.2, 0) is 5.54 Å². The predicted molar refractivity (Wildman–Crippen MR) is 128 cm³/mol. The third-order valence-corrected chi connectivity index (χ3v) is 9.90. The minimum absolute atomic E-state index is 0.0680. The van der Waals surface area contributed by atoms with Crippen molar-refractivity contribution >= 4 is 39.6 Å². The number of carbonyl (C=O) groups is 1. The van der Waals surface area contributed by atoms with Gasteiger partial charge in [0.25, 0.3) is 5.91 Å². The number of hydrogen-bond acceptors (Lipinski definition) is 7. The summed E-state index contributed by atoms with van der Waals surface area (Å²) in [5, 5.41) is 0.605. The van der Waals surface area contributed by atoms with Gasteiger partial charge >= 0.3 is 0 Å². The summed E-state index contributed by atoms with van der Waals surface area (Å²) in [4.78, 5) is 21.3. The van der Waals surface area contributed by atoms with E-state index in [0.717, 1.165) is 0 Å². The van der Waals surface area contributed by atoms with Crippen molar-refractivity contribution in [3.8, 4) is 5.75 Å². The van der Waals surface area contributed by atoms with Gasteiger partial charge in [0, 0.05) is 23.9 Å². The maximum atomic E-state index is 16.7. The van der Waals surface area contributed by atoms with Gasteiger partial charge in [0.2, 0.25) is 5.00 Å². The summed E-state index contributed by atoms with van der Waals surface area (Å²) in [5.74, 6) is -0.226. The molecule has 0 fully saturated rings. The van der Waals surface area contributed by atoms with Crippen molar-refractivity contribution in [2.45, 2.75) is 49.4 Å². The van der Waals surface area contributed by atoms with Crippen LogP contribution in [0.4, 0.5) is 10.1 Å². The highest BCUT2D eigenvalue weighted by Gasteiger charge is 2.68. The average molecular weight is 497 g/mol. The number of amidine groups is 1. The standard InChI is InChI=1S/C22H26ClFN4O4S/c1-12-9-13(23)11-26-17(12)18(29)27-14-5-6-16-15(10-14)21(4)22(24,7-8-32-16)33(30,31)20(2,3)19(25)28-21/h5-6,9-11,30-31H,7-8H2,1-4H3,(H2,25,28)(H,27,29)/t21-,22-/m1/s1. The van der Waals surface area contributed by atoms with Crippen LogP contribution in [-0.4, -0.2) is 42.2 Å². The molecule has 2 aromatic rings. The van der Waals surface area contributed by atoms with Crippen molar-refractivity contribution < 1.29 is 23.0 Å². The summed E-state index contributed by atoms with van der Waals surface area (Å²) in [6.45, 7) is 6.02. The third-order valence-electron chi connectivity index (χ3n) is 6.55. The van der Waals surface area contributed by atoms with Gasteiger partial charge in [0.1, 0.15) is 27.6 Å². The topological polar surface area (TPSA) is 130 Å². The van der Waals surface area contributed by atoms with Crippen LogP contribution in [0, 0.1) is 6.92 Å². The largest absolute Gasteiger partial charge is 0.493 e. The highest BCUT2D eigenvalue weighted by atomic mass is 35.5. The number of hydrogen-bond donors (Lipinski definition) is 4. The minimum Gasteiger partial charge on any atom is -0.493 e. The number of nitrogens with zero attached hydrogens (tertiary/aromatic N) is 2. The fourth-order valence-corrected chi connectivity index (χ4v) is 6.74. The highest BCUT2D eigenvalue weighted by molar-refractivity contribution is 8.27. The smallest absolute Gasteiger partial charge is 0.274 e. The van der Waals surface area contributed by atoms with Gasteiger partial charge in [-0.05, 0) is 57.5 Å². The molecular formula is C22H26ClFN4O4S. The molecule has 2 aliphatic heterocycles. The summed E-state index contributed by atoms with van der Waals surface area (Å²) in [5.41, 5.74) is 5.73. The quantitative estimate of drug-likeness (QED) is 0.469. The molecule has 2 aliphatic rings. The van der Waals surface area contributed by atoms with E-state index >= 15 is 4.39 Å². The van der Waals surface area contributed by atoms with Crippen LogP contribution in [0.25, 0.3) is 0 Å². The number of rotatable bonds is 2. The number of halogens is 2. The second-order valence-electron chi connectivity index (χ2n) is 8.94. The van der Waals surface area contributed by atoms with Gasteiger partial charge in [0.15, 0.2) is 0 Å². The number of nitrogens with one attached hydrogen (secondary N) is 1. The Morgan fingerprint density at radius 3 is 2.67 bits per heavy atom. The number of amides is 1. The van der Waals surface area contributed by atoms with Crippen LogP contribution in [0.3, 0.4) is 0 Å². The van der Waals surface area contributed by atoms with E-state index in [2.05, 4.69) is 15.3 Å². The van der Waals surface area contributed by atoms with Gasteiger partial charge in [-0.25, -0.2) is 9.37 Å². The molecule has 3 heterocycles. The Morgan fingerprint density at radius 1 is 1.30 bits per heavy atom. The number of anilines is 1. The van der Waals surface area contributed by atoms with Crippen LogP contribution in [0.15, 0.2) is 35.5 Å². The third kappa shape index (κ3) is 3.30. The van der Waals surface area contributed by atoms with Gasteiger partial charge in [0.05, 0.1) is 11.6 Å². The van der Waals surface area contributed by atoms with Crippen molar-refractivity contribution in [2.75, 3.05) is 11.9 Å². The van der Waals surface area contributed by atoms with Crippen LogP contribution >= 0.6 is 22.2 Å². The Labute approximate surface area is 197 Å². The number of pyridine rings is 1. The van der Waals surface area contributed by atoms with E-state index in [4.69, 9.17) is 22.1 Å². The maximum absolute atomic E-state index is 16.7. The molecule has 0 bridgehead atoms. The lowest BCUT2D eigenvalue weighted by Crippen LogP contribution is -2.62. The van der Waals surface area contributed by atoms with Gasteiger partial charge in [-0.15, -0.1) is 10.6 Å². The lowest BCUT2D eigenvalue weighted by Gasteiger charge is -2.61. The molecule has 0 aliphatic carbocycles. The molecule has 1 aromatic carbocycles. The first-order valence-electron chi connectivity index (χ1n) is 10.3. The molecular weight excluding hydrogens is 471 g/mol. The molecule has 0 saturated carbocycles. The highest BCUT2D eigenvalue weighted by Crippen LogP contribution is 2.73.